The maximum absolute atomic E-state index is 9.56. The van der Waals surface area contributed by atoms with Crippen LogP contribution in [0.3, 0.4) is 0 Å². The Morgan fingerprint density at radius 2 is 2.06 bits per heavy atom. The van der Waals surface area contributed by atoms with Gasteiger partial charge in [-0.15, -0.1) is 12.4 Å². The largest absolute Gasteiger partial charge is 0.504 e. The van der Waals surface area contributed by atoms with Gasteiger partial charge in [0, 0.05) is 6.04 Å². The number of hydrogen-bond donors (Lipinski definition) is 2. The molecule has 0 aromatic heterocycles. The van der Waals surface area contributed by atoms with Crippen LogP contribution in [0.25, 0.3) is 0 Å². The van der Waals surface area contributed by atoms with Crippen LogP contribution in [0.2, 0.25) is 0 Å². The van der Waals surface area contributed by atoms with Crippen LogP contribution in [0.5, 0.6) is 11.5 Å². The molecule has 0 aliphatic rings. The molecule has 0 aliphatic heterocycles. The van der Waals surface area contributed by atoms with Gasteiger partial charge in [0.15, 0.2) is 11.5 Å². The van der Waals surface area contributed by atoms with Crippen molar-refractivity contribution in [2.24, 2.45) is 5.73 Å². The third-order valence-electron chi connectivity index (χ3n) is 2.58. The highest BCUT2D eigenvalue weighted by Gasteiger charge is 2.09. The van der Waals surface area contributed by atoms with Gasteiger partial charge in [0.25, 0.3) is 0 Å². The van der Waals surface area contributed by atoms with Crippen molar-refractivity contribution in [2.75, 3.05) is 6.61 Å². The molecule has 3 N–H and O–H groups in total. The second kappa shape index (κ2) is 8.20. The van der Waals surface area contributed by atoms with E-state index in [2.05, 4.69) is 6.92 Å². The number of phenolic OH excluding ortho intramolecular Hbond substituents is 1. The molecule has 4 heteroatoms. The Bertz CT molecular complexity index is 331. The maximum atomic E-state index is 9.56. The van der Waals surface area contributed by atoms with Crippen LogP contribution in [0.4, 0.5) is 0 Å². The molecular formula is C13H22ClNO2. The summed E-state index contributed by atoms with van der Waals surface area (Å²) in [5, 5.41) is 9.56. The molecule has 0 aliphatic carbocycles. The number of aromatic hydroxyl groups is 1. The second-order valence-electron chi connectivity index (χ2n) is 3.91. The van der Waals surface area contributed by atoms with Gasteiger partial charge in [-0.25, -0.2) is 0 Å². The van der Waals surface area contributed by atoms with Crippen molar-refractivity contribution < 1.29 is 9.84 Å². The van der Waals surface area contributed by atoms with Crippen LogP contribution >= 0.6 is 12.4 Å². The van der Waals surface area contributed by atoms with E-state index in [4.69, 9.17) is 10.5 Å². The molecule has 1 rings (SSSR count). The number of hydrogen-bond acceptors (Lipinski definition) is 3. The fraction of sp³-hybridized carbons (Fsp3) is 0.538. The molecule has 3 nitrogen and oxygen atoms in total. The first-order valence-electron chi connectivity index (χ1n) is 5.90. The van der Waals surface area contributed by atoms with Crippen LogP contribution in [0.1, 0.15) is 44.7 Å². The normalized spacial score (nSPS) is 11.7. The molecule has 0 bridgehead atoms. The standard InChI is InChI=1S/C13H21NO2.ClH/c1-3-5-6-11(14)10-7-8-12(15)13(9-10)16-4-2;/h7-9,11,15H,3-6,14H2,1-2H3;1H/t11-;/m1./s1. The molecule has 0 radical (unpaired) electrons. The van der Waals surface area contributed by atoms with Gasteiger partial charge in [0.05, 0.1) is 6.61 Å². The summed E-state index contributed by atoms with van der Waals surface area (Å²) >= 11 is 0. The second-order valence-corrected chi connectivity index (χ2v) is 3.91. The van der Waals surface area contributed by atoms with Crippen molar-refractivity contribution in [3.8, 4) is 11.5 Å². The molecule has 1 aromatic rings. The smallest absolute Gasteiger partial charge is 0.161 e. The quantitative estimate of drug-likeness (QED) is 0.823. The summed E-state index contributed by atoms with van der Waals surface area (Å²) < 4.78 is 5.33. The van der Waals surface area contributed by atoms with Crippen molar-refractivity contribution in [1.82, 2.24) is 0 Å². The minimum atomic E-state index is 0. The van der Waals surface area contributed by atoms with E-state index < -0.39 is 0 Å². The highest BCUT2D eigenvalue weighted by Crippen LogP contribution is 2.29. The summed E-state index contributed by atoms with van der Waals surface area (Å²) in [4.78, 5) is 0. The van der Waals surface area contributed by atoms with Gasteiger partial charge in [0.1, 0.15) is 0 Å². The number of unbranched alkanes of at least 4 members (excludes halogenated alkanes) is 1. The zero-order valence-electron chi connectivity index (χ0n) is 10.5. The Labute approximate surface area is 109 Å². The summed E-state index contributed by atoms with van der Waals surface area (Å²) in [6.45, 7) is 4.58. The number of nitrogens with two attached hydrogens (primary N) is 1. The van der Waals surface area contributed by atoms with E-state index in [1.807, 2.05) is 19.1 Å². The van der Waals surface area contributed by atoms with Gasteiger partial charge >= 0.3 is 0 Å². The lowest BCUT2D eigenvalue weighted by Gasteiger charge is -2.13. The highest BCUT2D eigenvalue weighted by atomic mass is 35.5. The van der Waals surface area contributed by atoms with Crippen molar-refractivity contribution in [1.29, 1.82) is 0 Å². The average Bonchev–Trinajstić information content (AvgIpc) is 2.29. The van der Waals surface area contributed by atoms with E-state index in [1.54, 1.807) is 6.07 Å². The number of ether oxygens (including phenoxy) is 1. The first kappa shape index (κ1) is 16.1. The molecule has 0 fully saturated rings. The molecule has 0 spiro atoms. The first-order valence-corrected chi connectivity index (χ1v) is 5.90. The molecule has 98 valence electrons. The fourth-order valence-corrected chi connectivity index (χ4v) is 1.62. The number of rotatable bonds is 6. The summed E-state index contributed by atoms with van der Waals surface area (Å²) in [7, 11) is 0. The zero-order chi connectivity index (χ0) is 12.0. The summed E-state index contributed by atoms with van der Waals surface area (Å²) in [5.41, 5.74) is 7.08. The third-order valence-corrected chi connectivity index (χ3v) is 2.58. The van der Waals surface area contributed by atoms with E-state index in [0.717, 1.165) is 24.8 Å². The Morgan fingerprint density at radius 1 is 1.35 bits per heavy atom. The van der Waals surface area contributed by atoms with E-state index in [0.29, 0.717) is 12.4 Å². The Balaban J connectivity index is 0.00000256. The lowest BCUT2D eigenvalue weighted by atomic mass is 10.0. The van der Waals surface area contributed by atoms with Gasteiger partial charge in [-0.05, 0) is 31.0 Å². The molecular weight excluding hydrogens is 238 g/mol. The van der Waals surface area contributed by atoms with E-state index in [-0.39, 0.29) is 24.2 Å². The third kappa shape index (κ3) is 4.84. The fourth-order valence-electron chi connectivity index (χ4n) is 1.62. The van der Waals surface area contributed by atoms with Crippen LogP contribution in [-0.4, -0.2) is 11.7 Å². The summed E-state index contributed by atoms with van der Waals surface area (Å²) in [5.74, 6) is 0.695. The molecule has 1 atom stereocenters. The van der Waals surface area contributed by atoms with Crippen LogP contribution in [0, 0.1) is 0 Å². The lowest BCUT2D eigenvalue weighted by Crippen LogP contribution is -2.10. The maximum Gasteiger partial charge on any atom is 0.161 e. The SMILES string of the molecule is CCCC[C@@H](N)c1ccc(O)c(OCC)c1.Cl. The van der Waals surface area contributed by atoms with Gasteiger partial charge < -0.3 is 15.6 Å². The Hall–Kier alpha value is -0.930. The summed E-state index contributed by atoms with van der Waals surface area (Å²) in [6.07, 6.45) is 3.23. The van der Waals surface area contributed by atoms with Crippen molar-refractivity contribution in [3.63, 3.8) is 0 Å². The number of benzene rings is 1. The Kier molecular flexibility index (Phi) is 7.75. The van der Waals surface area contributed by atoms with Gasteiger partial charge in [-0.2, -0.15) is 0 Å². The predicted octanol–water partition coefficient (Wildman–Crippen LogP) is 3.40. The topological polar surface area (TPSA) is 55.5 Å². The lowest BCUT2D eigenvalue weighted by molar-refractivity contribution is 0.317. The number of halogens is 1. The average molecular weight is 260 g/mol. The Morgan fingerprint density at radius 3 is 2.65 bits per heavy atom. The van der Waals surface area contributed by atoms with Gasteiger partial charge in [-0.3, -0.25) is 0 Å². The number of phenols is 1. The highest BCUT2D eigenvalue weighted by molar-refractivity contribution is 5.85. The molecule has 0 saturated heterocycles. The first-order chi connectivity index (χ1) is 7.69. The van der Waals surface area contributed by atoms with E-state index >= 15 is 0 Å². The van der Waals surface area contributed by atoms with Crippen LogP contribution in [0.15, 0.2) is 18.2 Å². The molecule has 0 saturated carbocycles. The van der Waals surface area contributed by atoms with E-state index in [1.165, 1.54) is 0 Å². The van der Waals surface area contributed by atoms with Crippen molar-refractivity contribution in [2.45, 2.75) is 39.2 Å². The molecule has 0 amide bonds. The van der Waals surface area contributed by atoms with Gasteiger partial charge in [-0.1, -0.05) is 25.8 Å². The predicted molar refractivity (Wildman–Crippen MR) is 73.0 cm³/mol. The zero-order valence-corrected chi connectivity index (χ0v) is 11.3. The van der Waals surface area contributed by atoms with E-state index in [9.17, 15) is 5.11 Å². The van der Waals surface area contributed by atoms with Crippen LogP contribution < -0.4 is 10.5 Å². The minimum Gasteiger partial charge on any atom is -0.504 e. The minimum absolute atomic E-state index is 0. The van der Waals surface area contributed by atoms with Crippen molar-refractivity contribution in [3.05, 3.63) is 23.8 Å². The van der Waals surface area contributed by atoms with Crippen LogP contribution in [-0.2, 0) is 0 Å². The molecule has 0 unspecified atom stereocenters. The molecule has 0 heterocycles. The molecule has 1 aromatic carbocycles. The summed E-state index contributed by atoms with van der Waals surface area (Å²) in [6, 6.07) is 5.36. The monoisotopic (exact) mass is 259 g/mol. The van der Waals surface area contributed by atoms with Crippen molar-refractivity contribution >= 4 is 12.4 Å². The van der Waals surface area contributed by atoms with Gasteiger partial charge in [0.2, 0.25) is 0 Å². The molecule has 17 heavy (non-hydrogen) atoms.